The molecule has 0 spiro atoms. The lowest BCUT2D eigenvalue weighted by Gasteiger charge is -2.03. The van der Waals surface area contributed by atoms with E-state index in [1.807, 2.05) is 18.2 Å². The minimum absolute atomic E-state index is 0.00357. The number of benzene rings is 1. The monoisotopic (exact) mass is 177 g/mol. The second-order valence-corrected chi connectivity index (χ2v) is 2.44. The minimum atomic E-state index is -0.395. The number of anilines is 1. The molecule has 68 valence electrons. The van der Waals surface area contributed by atoms with Crippen LogP contribution in [-0.4, -0.2) is 5.91 Å². The lowest BCUT2D eigenvalue weighted by molar-refractivity contribution is -0.112. The molecule has 1 rings (SSSR count). The highest BCUT2D eigenvalue weighted by Crippen LogP contribution is 2.05. The summed E-state index contributed by atoms with van der Waals surface area (Å²) in [5.41, 5.74) is 11.1. The van der Waals surface area contributed by atoms with Gasteiger partial charge in [0.1, 0.15) is 5.70 Å². The van der Waals surface area contributed by atoms with E-state index in [4.69, 9.17) is 11.5 Å². The third-order valence-corrected chi connectivity index (χ3v) is 1.47. The zero-order chi connectivity index (χ0) is 9.68. The Hall–Kier alpha value is -1.97. The Kier molecular flexibility index (Phi) is 2.92. The highest BCUT2D eigenvalue weighted by atomic mass is 16.2. The molecule has 4 nitrogen and oxygen atoms in total. The summed E-state index contributed by atoms with van der Waals surface area (Å²) >= 11 is 0. The number of nitrogens with two attached hydrogens (primary N) is 2. The maximum absolute atomic E-state index is 11.2. The van der Waals surface area contributed by atoms with Crippen LogP contribution in [0.25, 0.3) is 0 Å². The first-order valence-corrected chi connectivity index (χ1v) is 3.78. The smallest absolute Gasteiger partial charge is 0.273 e. The van der Waals surface area contributed by atoms with Gasteiger partial charge in [0.25, 0.3) is 5.91 Å². The van der Waals surface area contributed by atoms with E-state index in [0.29, 0.717) is 5.69 Å². The fraction of sp³-hybridized carbons (Fsp3) is 0. The van der Waals surface area contributed by atoms with Gasteiger partial charge < -0.3 is 16.8 Å². The van der Waals surface area contributed by atoms with Crippen LogP contribution in [0.3, 0.4) is 0 Å². The molecule has 0 bridgehead atoms. The van der Waals surface area contributed by atoms with E-state index in [-0.39, 0.29) is 5.70 Å². The Bertz CT molecular complexity index is 319. The van der Waals surface area contributed by atoms with Crippen molar-refractivity contribution in [2.75, 3.05) is 5.32 Å². The molecule has 1 amide bonds. The van der Waals surface area contributed by atoms with Gasteiger partial charge in [-0.3, -0.25) is 4.79 Å². The molecular formula is C9H11N3O. The van der Waals surface area contributed by atoms with Crippen molar-refractivity contribution in [2.45, 2.75) is 0 Å². The average molecular weight is 177 g/mol. The van der Waals surface area contributed by atoms with Gasteiger partial charge in [0, 0.05) is 11.9 Å². The first-order valence-electron chi connectivity index (χ1n) is 3.78. The van der Waals surface area contributed by atoms with Crippen LogP contribution in [0, 0.1) is 0 Å². The third kappa shape index (κ3) is 2.52. The van der Waals surface area contributed by atoms with Crippen molar-refractivity contribution in [3.8, 4) is 0 Å². The second kappa shape index (κ2) is 4.15. The van der Waals surface area contributed by atoms with Crippen molar-refractivity contribution in [1.29, 1.82) is 0 Å². The first kappa shape index (κ1) is 9.12. The van der Waals surface area contributed by atoms with Gasteiger partial charge in [-0.15, -0.1) is 0 Å². The standard InChI is InChI=1S/C9H11N3O/c10-6-8(11)9(13)12-7-4-2-1-3-5-7/h1-6H,10-11H2,(H,12,13)/b8-6+. The van der Waals surface area contributed by atoms with Crippen LogP contribution >= 0.6 is 0 Å². The van der Waals surface area contributed by atoms with E-state index < -0.39 is 5.91 Å². The summed E-state index contributed by atoms with van der Waals surface area (Å²) < 4.78 is 0. The van der Waals surface area contributed by atoms with E-state index in [2.05, 4.69) is 5.32 Å². The molecule has 13 heavy (non-hydrogen) atoms. The topological polar surface area (TPSA) is 81.1 Å². The van der Waals surface area contributed by atoms with Gasteiger partial charge in [-0.05, 0) is 12.1 Å². The predicted octanol–water partition coefficient (Wildman–Crippen LogP) is 0.384. The van der Waals surface area contributed by atoms with Crippen molar-refractivity contribution in [3.05, 3.63) is 42.2 Å². The third-order valence-electron chi connectivity index (χ3n) is 1.47. The highest BCUT2D eigenvalue weighted by molar-refractivity contribution is 6.02. The summed E-state index contributed by atoms with van der Waals surface area (Å²) in [6.45, 7) is 0. The Morgan fingerprint density at radius 1 is 1.31 bits per heavy atom. The van der Waals surface area contributed by atoms with E-state index in [0.717, 1.165) is 6.20 Å². The number of para-hydroxylation sites is 1. The van der Waals surface area contributed by atoms with Crippen LogP contribution < -0.4 is 16.8 Å². The number of rotatable bonds is 2. The number of hydrogen-bond acceptors (Lipinski definition) is 3. The lowest BCUT2D eigenvalue weighted by Crippen LogP contribution is -2.20. The molecule has 0 aliphatic carbocycles. The number of carbonyl (C=O) groups is 1. The van der Waals surface area contributed by atoms with Crippen molar-refractivity contribution in [3.63, 3.8) is 0 Å². The highest BCUT2D eigenvalue weighted by Gasteiger charge is 2.03. The average Bonchev–Trinajstić information content (AvgIpc) is 2.18. The van der Waals surface area contributed by atoms with Gasteiger partial charge in [0.05, 0.1) is 0 Å². The summed E-state index contributed by atoms with van der Waals surface area (Å²) in [4.78, 5) is 11.2. The molecule has 4 heteroatoms. The Labute approximate surface area is 76.2 Å². The Balaban J connectivity index is 2.66. The van der Waals surface area contributed by atoms with Crippen molar-refractivity contribution in [2.24, 2.45) is 11.5 Å². The summed E-state index contributed by atoms with van der Waals surface area (Å²) in [5, 5.41) is 2.58. The van der Waals surface area contributed by atoms with Gasteiger partial charge in [0.2, 0.25) is 0 Å². The SMILES string of the molecule is N/C=C(/N)C(=O)Nc1ccccc1. The number of hydrogen-bond donors (Lipinski definition) is 3. The number of amides is 1. The molecule has 0 aliphatic rings. The van der Waals surface area contributed by atoms with Crippen LogP contribution in [0.15, 0.2) is 42.2 Å². The molecular weight excluding hydrogens is 166 g/mol. The van der Waals surface area contributed by atoms with Crippen LogP contribution in [0.1, 0.15) is 0 Å². The molecule has 0 radical (unpaired) electrons. The second-order valence-electron chi connectivity index (χ2n) is 2.44. The van der Waals surface area contributed by atoms with Gasteiger partial charge in [0.15, 0.2) is 0 Å². The molecule has 0 saturated heterocycles. The van der Waals surface area contributed by atoms with E-state index in [9.17, 15) is 4.79 Å². The fourth-order valence-corrected chi connectivity index (χ4v) is 0.800. The van der Waals surface area contributed by atoms with E-state index >= 15 is 0 Å². The summed E-state index contributed by atoms with van der Waals surface area (Å²) in [6, 6.07) is 9.02. The fourth-order valence-electron chi connectivity index (χ4n) is 0.800. The minimum Gasteiger partial charge on any atom is -0.403 e. The molecule has 0 aliphatic heterocycles. The summed E-state index contributed by atoms with van der Waals surface area (Å²) in [7, 11) is 0. The van der Waals surface area contributed by atoms with Crippen molar-refractivity contribution >= 4 is 11.6 Å². The molecule has 0 atom stereocenters. The van der Waals surface area contributed by atoms with Gasteiger partial charge in [-0.1, -0.05) is 18.2 Å². The van der Waals surface area contributed by atoms with E-state index in [1.165, 1.54) is 0 Å². The molecule has 0 saturated carbocycles. The molecule has 0 aromatic heterocycles. The van der Waals surface area contributed by atoms with Crippen molar-refractivity contribution in [1.82, 2.24) is 0 Å². The Morgan fingerprint density at radius 2 is 1.92 bits per heavy atom. The van der Waals surface area contributed by atoms with Crippen LogP contribution in [-0.2, 0) is 4.79 Å². The quantitative estimate of drug-likeness (QED) is 0.571. The lowest BCUT2D eigenvalue weighted by atomic mass is 10.3. The van der Waals surface area contributed by atoms with Crippen LogP contribution in [0.4, 0.5) is 5.69 Å². The van der Waals surface area contributed by atoms with Gasteiger partial charge in [-0.2, -0.15) is 0 Å². The summed E-state index contributed by atoms with van der Waals surface area (Å²) in [6.07, 6.45) is 1.07. The maximum atomic E-state index is 11.2. The normalized spacial score (nSPS) is 10.9. The molecule has 0 unspecified atom stereocenters. The first-order chi connectivity index (χ1) is 6.24. The van der Waals surface area contributed by atoms with Gasteiger partial charge in [-0.25, -0.2) is 0 Å². The van der Waals surface area contributed by atoms with Crippen LogP contribution in [0.2, 0.25) is 0 Å². The number of carbonyl (C=O) groups excluding carboxylic acids is 1. The Morgan fingerprint density at radius 3 is 2.46 bits per heavy atom. The zero-order valence-electron chi connectivity index (χ0n) is 7.03. The largest absolute Gasteiger partial charge is 0.403 e. The van der Waals surface area contributed by atoms with Gasteiger partial charge >= 0.3 is 0 Å². The summed E-state index contributed by atoms with van der Waals surface area (Å²) in [5.74, 6) is -0.395. The van der Waals surface area contributed by atoms with Crippen LogP contribution in [0.5, 0.6) is 0 Å². The zero-order valence-corrected chi connectivity index (χ0v) is 7.03. The van der Waals surface area contributed by atoms with E-state index in [1.54, 1.807) is 12.1 Å². The maximum Gasteiger partial charge on any atom is 0.273 e. The molecule has 1 aromatic rings. The molecule has 5 N–H and O–H groups in total. The number of nitrogens with one attached hydrogen (secondary N) is 1. The molecule has 0 heterocycles. The molecule has 0 fully saturated rings. The van der Waals surface area contributed by atoms with Crippen molar-refractivity contribution < 1.29 is 4.79 Å². The molecule has 1 aromatic carbocycles. The predicted molar refractivity (Wildman–Crippen MR) is 51.5 cm³/mol.